The van der Waals surface area contributed by atoms with Crippen LogP contribution in [0.15, 0.2) is 8.94 Å². The maximum absolute atomic E-state index is 12.9. The van der Waals surface area contributed by atoms with Crippen molar-refractivity contribution in [2.75, 3.05) is 6.54 Å². The van der Waals surface area contributed by atoms with Gasteiger partial charge in [0, 0.05) is 19.0 Å². The fourth-order valence-corrected chi connectivity index (χ4v) is 3.12. The van der Waals surface area contributed by atoms with Crippen molar-refractivity contribution >= 4 is 5.91 Å². The largest absolute Gasteiger partial charge is 0.423 e. The molecule has 1 amide bonds. The number of likely N-dealkylation sites (tertiary alicyclic amines) is 1. The molecule has 7 nitrogen and oxygen atoms in total. The van der Waals surface area contributed by atoms with Gasteiger partial charge in [-0.3, -0.25) is 4.79 Å². The second kappa shape index (κ2) is 6.52. The van der Waals surface area contributed by atoms with Crippen molar-refractivity contribution in [2.45, 2.75) is 58.9 Å². The predicted octanol–water partition coefficient (Wildman–Crippen LogP) is 2.67. The molecule has 124 valence electrons. The van der Waals surface area contributed by atoms with E-state index in [0.29, 0.717) is 30.5 Å². The fraction of sp³-hybridized carbons (Fsp3) is 0.625. The van der Waals surface area contributed by atoms with Crippen LogP contribution in [0, 0.1) is 20.8 Å². The van der Waals surface area contributed by atoms with Crippen LogP contribution in [-0.4, -0.2) is 32.7 Å². The van der Waals surface area contributed by atoms with Crippen LogP contribution in [-0.2, 0) is 11.2 Å². The number of aryl methyl sites for hydroxylation is 3. The van der Waals surface area contributed by atoms with E-state index in [1.54, 1.807) is 6.92 Å². The van der Waals surface area contributed by atoms with Crippen LogP contribution in [0.3, 0.4) is 0 Å². The predicted molar refractivity (Wildman–Crippen MR) is 81.6 cm³/mol. The number of amides is 1. The molecule has 3 heterocycles. The molecule has 1 unspecified atom stereocenters. The second-order valence-electron chi connectivity index (χ2n) is 6.09. The van der Waals surface area contributed by atoms with E-state index < -0.39 is 0 Å². The lowest BCUT2D eigenvalue weighted by Crippen LogP contribution is -2.36. The van der Waals surface area contributed by atoms with Crippen LogP contribution >= 0.6 is 0 Å². The minimum atomic E-state index is -0.133. The van der Waals surface area contributed by atoms with Crippen LogP contribution in [0.2, 0.25) is 0 Å². The smallest absolute Gasteiger partial charge is 0.238 e. The maximum atomic E-state index is 12.9. The fourth-order valence-electron chi connectivity index (χ4n) is 3.12. The quantitative estimate of drug-likeness (QED) is 0.865. The van der Waals surface area contributed by atoms with Crippen molar-refractivity contribution in [3.05, 3.63) is 28.8 Å². The molecule has 1 atom stereocenters. The van der Waals surface area contributed by atoms with Crippen molar-refractivity contribution in [3.8, 4) is 0 Å². The van der Waals surface area contributed by atoms with E-state index in [4.69, 9.17) is 8.94 Å². The molecular weight excluding hydrogens is 296 g/mol. The van der Waals surface area contributed by atoms with Gasteiger partial charge >= 0.3 is 0 Å². The highest BCUT2D eigenvalue weighted by Crippen LogP contribution is 2.30. The summed E-state index contributed by atoms with van der Waals surface area (Å²) in [6.45, 7) is 6.18. The highest BCUT2D eigenvalue weighted by molar-refractivity contribution is 5.79. The molecule has 3 rings (SSSR count). The molecule has 23 heavy (non-hydrogen) atoms. The molecule has 0 spiro atoms. The van der Waals surface area contributed by atoms with E-state index >= 15 is 0 Å². The Kier molecular flexibility index (Phi) is 4.45. The van der Waals surface area contributed by atoms with Crippen LogP contribution in [0.5, 0.6) is 0 Å². The monoisotopic (exact) mass is 318 g/mol. The Balaban J connectivity index is 1.83. The first-order chi connectivity index (χ1) is 11.1. The zero-order valence-corrected chi connectivity index (χ0v) is 13.8. The molecule has 2 aromatic rings. The standard InChI is InChI=1S/C16H22N4O3/c1-10-13(11(2)23-19-10)9-15(21)20-8-6-4-5-7-14(20)16-18-17-12(3)22-16/h14H,4-9H2,1-3H3. The summed E-state index contributed by atoms with van der Waals surface area (Å²) >= 11 is 0. The Labute approximate surface area is 135 Å². The van der Waals surface area contributed by atoms with Gasteiger partial charge in [-0.15, -0.1) is 10.2 Å². The van der Waals surface area contributed by atoms with Crippen molar-refractivity contribution in [1.82, 2.24) is 20.3 Å². The summed E-state index contributed by atoms with van der Waals surface area (Å²) in [7, 11) is 0. The summed E-state index contributed by atoms with van der Waals surface area (Å²) in [5.41, 5.74) is 1.65. The Hall–Kier alpha value is -2.18. The number of hydrogen-bond acceptors (Lipinski definition) is 6. The Bertz CT molecular complexity index is 672. The third-order valence-electron chi connectivity index (χ3n) is 4.41. The lowest BCUT2D eigenvalue weighted by atomic mass is 10.1. The Morgan fingerprint density at radius 2 is 2.04 bits per heavy atom. The number of nitrogens with zero attached hydrogens (tertiary/aromatic N) is 4. The SMILES string of the molecule is Cc1nnc(C2CCCCCN2C(=O)Cc2c(C)noc2C)o1. The minimum Gasteiger partial charge on any atom is -0.423 e. The molecule has 0 saturated carbocycles. The van der Waals surface area contributed by atoms with Gasteiger partial charge in [-0.05, 0) is 26.7 Å². The van der Waals surface area contributed by atoms with Gasteiger partial charge < -0.3 is 13.8 Å². The first kappa shape index (κ1) is 15.7. The molecule has 0 aliphatic carbocycles. The average molecular weight is 318 g/mol. The molecule has 0 aromatic carbocycles. The number of rotatable bonds is 3. The van der Waals surface area contributed by atoms with E-state index in [2.05, 4.69) is 15.4 Å². The van der Waals surface area contributed by atoms with E-state index in [9.17, 15) is 4.79 Å². The lowest BCUT2D eigenvalue weighted by molar-refractivity contribution is -0.133. The van der Waals surface area contributed by atoms with Gasteiger partial charge in [-0.1, -0.05) is 18.0 Å². The number of carbonyl (C=O) groups is 1. The molecular formula is C16H22N4O3. The maximum Gasteiger partial charge on any atom is 0.238 e. The number of carbonyl (C=O) groups excluding carboxylic acids is 1. The van der Waals surface area contributed by atoms with Gasteiger partial charge in [0.2, 0.25) is 17.7 Å². The summed E-state index contributed by atoms with van der Waals surface area (Å²) < 4.78 is 10.8. The van der Waals surface area contributed by atoms with Crippen LogP contribution in [0.1, 0.15) is 60.5 Å². The normalized spacial score (nSPS) is 18.9. The lowest BCUT2D eigenvalue weighted by Gasteiger charge is -2.27. The van der Waals surface area contributed by atoms with E-state index in [1.807, 2.05) is 18.7 Å². The topological polar surface area (TPSA) is 85.3 Å². The molecule has 1 fully saturated rings. The molecule has 1 aliphatic rings. The average Bonchev–Trinajstić information content (AvgIpc) is 2.97. The minimum absolute atomic E-state index is 0.0575. The van der Waals surface area contributed by atoms with Gasteiger partial charge in [0.05, 0.1) is 12.1 Å². The van der Waals surface area contributed by atoms with E-state index in [0.717, 1.165) is 36.9 Å². The first-order valence-electron chi connectivity index (χ1n) is 8.07. The van der Waals surface area contributed by atoms with Gasteiger partial charge in [0.1, 0.15) is 11.8 Å². The van der Waals surface area contributed by atoms with Gasteiger partial charge in [0.15, 0.2) is 0 Å². The summed E-state index contributed by atoms with van der Waals surface area (Å²) in [6.07, 6.45) is 4.32. The molecule has 0 N–H and O–H groups in total. The van der Waals surface area contributed by atoms with E-state index in [1.165, 1.54) is 0 Å². The van der Waals surface area contributed by atoms with Crippen molar-refractivity contribution in [2.24, 2.45) is 0 Å². The van der Waals surface area contributed by atoms with Crippen molar-refractivity contribution in [1.29, 1.82) is 0 Å². The molecule has 1 saturated heterocycles. The van der Waals surface area contributed by atoms with Crippen LogP contribution in [0.25, 0.3) is 0 Å². The molecule has 7 heteroatoms. The molecule has 0 radical (unpaired) electrons. The zero-order chi connectivity index (χ0) is 16.4. The summed E-state index contributed by atoms with van der Waals surface area (Å²) in [5, 5.41) is 12.0. The third kappa shape index (κ3) is 3.28. The van der Waals surface area contributed by atoms with Crippen molar-refractivity contribution in [3.63, 3.8) is 0 Å². The zero-order valence-electron chi connectivity index (χ0n) is 13.8. The summed E-state index contributed by atoms with van der Waals surface area (Å²) in [4.78, 5) is 14.8. The number of aromatic nitrogens is 3. The Morgan fingerprint density at radius 1 is 1.22 bits per heavy atom. The second-order valence-corrected chi connectivity index (χ2v) is 6.09. The molecule has 1 aliphatic heterocycles. The summed E-state index contributed by atoms with van der Waals surface area (Å²) in [5.74, 6) is 1.83. The van der Waals surface area contributed by atoms with Crippen LogP contribution in [0.4, 0.5) is 0 Å². The highest BCUT2D eigenvalue weighted by atomic mass is 16.5. The van der Waals surface area contributed by atoms with Crippen molar-refractivity contribution < 1.29 is 13.7 Å². The van der Waals surface area contributed by atoms with Gasteiger partial charge in [-0.2, -0.15) is 0 Å². The molecule has 2 aromatic heterocycles. The first-order valence-corrected chi connectivity index (χ1v) is 8.07. The Morgan fingerprint density at radius 3 is 2.70 bits per heavy atom. The number of hydrogen-bond donors (Lipinski definition) is 0. The molecule has 0 bridgehead atoms. The van der Waals surface area contributed by atoms with Gasteiger partial charge in [-0.25, -0.2) is 0 Å². The highest BCUT2D eigenvalue weighted by Gasteiger charge is 2.31. The van der Waals surface area contributed by atoms with Gasteiger partial charge in [0.25, 0.3) is 0 Å². The van der Waals surface area contributed by atoms with Crippen LogP contribution < -0.4 is 0 Å². The third-order valence-corrected chi connectivity index (χ3v) is 4.41. The van der Waals surface area contributed by atoms with E-state index in [-0.39, 0.29) is 11.9 Å². The summed E-state index contributed by atoms with van der Waals surface area (Å²) in [6, 6.07) is -0.133.